The largest absolute Gasteiger partial charge is 0.275 e. The van der Waals surface area contributed by atoms with Crippen molar-refractivity contribution in [2.45, 2.75) is 0 Å². The molecule has 13 heavy (non-hydrogen) atoms. The summed E-state index contributed by atoms with van der Waals surface area (Å²) in [5.74, 6) is -0.326. The van der Waals surface area contributed by atoms with Crippen molar-refractivity contribution in [3.63, 3.8) is 0 Å². The highest BCUT2D eigenvalue weighted by molar-refractivity contribution is 5.56. The molecule has 0 amide bonds. The predicted molar refractivity (Wildman–Crippen MR) is 46.4 cm³/mol. The minimum atomic E-state index is -0.326. The lowest BCUT2D eigenvalue weighted by Gasteiger charge is -1.93. The molecule has 0 fully saturated rings. The number of aryl methyl sites for hydroxylation is 1. The molecule has 2 heterocycles. The van der Waals surface area contributed by atoms with Crippen LogP contribution in [0.1, 0.15) is 0 Å². The Morgan fingerprint density at radius 1 is 1.31 bits per heavy atom. The van der Waals surface area contributed by atoms with Crippen LogP contribution in [0, 0.1) is 5.82 Å². The standard InChI is InChI=1S/C9H8FN3/c1-13-6-7(4-12-13)9-3-2-8(10)5-11-9/h2-6H,1H3. The Kier molecular flexibility index (Phi) is 1.81. The molecule has 2 aromatic rings. The lowest BCUT2D eigenvalue weighted by molar-refractivity contribution is 0.622. The van der Waals surface area contributed by atoms with Crippen molar-refractivity contribution in [3.8, 4) is 11.3 Å². The van der Waals surface area contributed by atoms with Gasteiger partial charge >= 0.3 is 0 Å². The molecule has 2 rings (SSSR count). The topological polar surface area (TPSA) is 30.7 Å². The van der Waals surface area contributed by atoms with E-state index in [1.54, 1.807) is 16.9 Å². The van der Waals surface area contributed by atoms with E-state index in [4.69, 9.17) is 0 Å². The van der Waals surface area contributed by atoms with Gasteiger partial charge < -0.3 is 0 Å². The Labute approximate surface area is 74.8 Å². The average molecular weight is 177 g/mol. The van der Waals surface area contributed by atoms with Gasteiger partial charge in [0.25, 0.3) is 0 Å². The first-order chi connectivity index (χ1) is 6.25. The highest BCUT2D eigenvalue weighted by atomic mass is 19.1. The quantitative estimate of drug-likeness (QED) is 0.662. The summed E-state index contributed by atoms with van der Waals surface area (Å²) >= 11 is 0. The molecule has 0 radical (unpaired) electrons. The summed E-state index contributed by atoms with van der Waals surface area (Å²) in [5.41, 5.74) is 1.62. The molecule has 0 saturated carbocycles. The molecular weight excluding hydrogens is 169 g/mol. The molecule has 0 bridgehead atoms. The summed E-state index contributed by atoms with van der Waals surface area (Å²) in [6, 6.07) is 3.02. The van der Waals surface area contributed by atoms with Crippen LogP contribution in [0.25, 0.3) is 11.3 Å². The van der Waals surface area contributed by atoms with Crippen LogP contribution >= 0.6 is 0 Å². The maximum absolute atomic E-state index is 12.5. The third kappa shape index (κ3) is 1.56. The fourth-order valence-electron chi connectivity index (χ4n) is 1.10. The smallest absolute Gasteiger partial charge is 0.141 e. The van der Waals surface area contributed by atoms with Gasteiger partial charge in [-0.2, -0.15) is 5.10 Å². The van der Waals surface area contributed by atoms with E-state index in [2.05, 4.69) is 10.1 Å². The van der Waals surface area contributed by atoms with E-state index in [9.17, 15) is 4.39 Å². The minimum Gasteiger partial charge on any atom is -0.275 e. The lowest BCUT2D eigenvalue weighted by atomic mass is 10.2. The molecule has 0 aliphatic rings. The molecule has 0 aliphatic carbocycles. The number of hydrogen-bond acceptors (Lipinski definition) is 2. The summed E-state index contributed by atoms with van der Waals surface area (Å²) in [5, 5.41) is 4.00. The van der Waals surface area contributed by atoms with Gasteiger partial charge in [0.15, 0.2) is 0 Å². The van der Waals surface area contributed by atoms with Crippen LogP contribution < -0.4 is 0 Å². The van der Waals surface area contributed by atoms with Gasteiger partial charge in [0.1, 0.15) is 5.82 Å². The molecule has 0 saturated heterocycles. The molecule has 0 atom stereocenters. The van der Waals surface area contributed by atoms with Gasteiger partial charge in [0.05, 0.1) is 18.1 Å². The number of hydrogen-bond donors (Lipinski definition) is 0. The number of rotatable bonds is 1. The van der Waals surface area contributed by atoms with Crippen LogP contribution in [-0.4, -0.2) is 14.8 Å². The Morgan fingerprint density at radius 3 is 2.69 bits per heavy atom. The highest BCUT2D eigenvalue weighted by Gasteiger charge is 2.00. The van der Waals surface area contributed by atoms with Gasteiger partial charge in [-0.25, -0.2) is 4.39 Å². The van der Waals surface area contributed by atoms with Gasteiger partial charge in [0, 0.05) is 18.8 Å². The summed E-state index contributed by atoms with van der Waals surface area (Å²) in [7, 11) is 1.83. The van der Waals surface area contributed by atoms with Crippen LogP contribution in [0.3, 0.4) is 0 Å². The van der Waals surface area contributed by atoms with E-state index in [1.165, 1.54) is 12.3 Å². The second-order valence-electron chi connectivity index (χ2n) is 2.76. The third-order valence-corrected chi connectivity index (χ3v) is 1.73. The molecular formula is C9H8FN3. The highest BCUT2D eigenvalue weighted by Crippen LogP contribution is 2.14. The molecule has 3 nitrogen and oxygen atoms in total. The van der Waals surface area contributed by atoms with Crippen molar-refractivity contribution in [1.29, 1.82) is 0 Å². The number of aromatic nitrogens is 3. The van der Waals surface area contributed by atoms with Crippen molar-refractivity contribution in [2.24, 2.45) is 7.05 Å². The van der Waals surface area contributed by atoms with Crippen LogP contribution in [-0.2, 0) is 7.05 Å². The maximum Gasteiger partial charge on any atom is 0.141 e. The zero-order valence-corrected chi connectivity index (χ0v) is 7.11. The van der Waals surface area contributed by atoms with Crippen molar-refractivity contribution >= 4 is 0 Å². The van der Waals surface area contributed by atoms with Gasteiger partial charge in [-0.1, -0.05) is 0 Å². The van der Waals surface area contributed by atoms with E-state index < -0.39 is 0 Å². The van der Waals surface area contributed by atoms with E-state index >= 15 is 0 Å². The molecule has 4 heteroatoms. The van der Waals surface area contributed by atoms with Crippen LogP contribution in [0.2, 0.25) is 0 Å². The van der Waals surface area contributed by atoms with Crippen LogP contribution in [0.4, 0.5) is 4.39 Å². The Hall–Kier alpha value is -1.71. The first kappa shape index (κ1) is 7.91. The second kappa shape index (κ2) is 2.97. The zero-order valence-electron chi connectivity index (χ0n) is 7.11. The van der Waals surface area contributed by atoms with Gasteiger partial charge in [0.2, 0.25) is 0 Å². The number of nitrogens with zero attached hydrogens (tertiary/aromatic N) is 3. The number of halogens is 1. The molecule has 66 valence electrons. The maximum atomic E-state index is 12.5. The predicted octanol–water partition coefficient (Wildman–Crippen LogP) is 1.62. The summed E-state index contributed by atoms with van der Waals surface area (Å²) in [4.78, 5) is 3.93. The Morgan fingerprint density at radius 2 is 2.15 bits per heavy atom. The second-order valence-corrected chi connectivity index (χ2v) is 2.76. The summed E-state index contributed by atoms with van der Waals surface area (Å²) in [6.07, 6.45) is 4.73. The zero-order chi connectivity index (χ0) is 9.26. The fraction of sp³-hybridized carbons (Fsp3) is 0.111. The number of pyridine rings is 1. The molecule has 0 aromatic carbocycles. The molecule has 0 N–H and O–H groups in total. The molecule has 0 aliphatic heterocycles. The van der Waals surface area contributed by atoms with Crippen molar-refractivity contribution in [3.05, 3.63) is 36.5 Å². The summed E-state index contributed by atoms with van der Waals surface area (Å²) < 4.78 is 14.2. The summed E-state index contributed by atoms with van der Waals surface area (Å²) in [6.45, 7) is 0. The molecule has 0 unspecified atom stereocenters. The Balaban J connectivity index is 2.41. The average Bonchev–Trinajstić information content (AvgIpc) is 2.53. The minimum absolute atomic E-state index is 0.326. The van der Waals surface area contributed by atoms with Crippen LogP contribution in [0.15, 0.2) is 30.7 Å². The van der Waals surface area contributed by atoms with Crippen molar-refractivity contribution in [1.82, 2.24) is 14.8 Å². The van der Waals surface area contributed by atoms with Gasteiger partial charge in [-0.15, -0.1) is 0 Å². The molecule has 0 spiro atoms. The van der Waals surface area contributed by atoms with Crippen molar-refractivity contribution in [2.75, 3.05) is 0 Å². The molecule has 2 aromatic heterocycles. The SMILES string of the molecule is Cn1cc(-c2ccc(F)cn2)cn1. The van der Waals surface area contributed by atoms with E-state index in [1.807, 2.05) is 13.2 Å². The van der Waals surface area contributed by atoms with Crippen LogP contribution in [0.5, 0.6) is 0 Å². The monoisotopic (exact) mass is 177 g/mol. The lowest BCUT2D eigenvalue weighted by Crippen LogP contribution is -1.85. The first-order valence-electron chi connectivity index (χ1n) is 3.86. The van der Waals surface area contributed by atoms with Gasteiger partial charge in [-0.05, 0) is 12.1 Å². The van der Waals surface area contributed by atoms with E-state index in [-0.39, 0.29) is 5.82 Å². The fourth-order valence-corrected chi connectivity index (χ4v) is 1.10. The van der Waals surface area contributed by atoms with Gasteiger partial charge in [-0.3, -0.25) is 9.67 Å². The first-order valence-corrected chi connectivity index (χ1v) is 3.86. The third-order valence-electron chi connectivity index (χ3n) is 1.73. The van der Waals surface area contributed by atoms with E-state index in [0.29, 0.717) is 0 Å². The Bertz CT molecular complexity index is 405. The normalized spacial score (nSPS) is 10.3. The van der Waals surface area contributed by atoms with E-state index in [0.717, 1.165) is 11.3 Å². The van der Waals surface area contributed by atoms with Crippen molar-refractivity contribution < 1.29 is 4.39 Å².